The molecule has 0 unspecified atom stereocenters. The van der Waals surface area contributed by atoms with Gasteiger partial charge in [-0.2, -0.15) is 0 Å². The molecule has 1 saturated heterocycles. The summed E-state index contributed by atoms with van der Waals surface area (Å²) < 4.78 is 15.4. The molecule has 1 aliphatic rings. The van der Waals surface area contributed by atoms with Gasteiger partial charge in [-0.05, 0) is 68.8 Å². The van der Waals surface area contributed by atoms with Gasteiger partial charge in [0.25, 0.3) is 5.91 Å². The van der Waals surface area contributed by atoms with Gasteiger partial charge in [0, 0.05) is 24.3 Å². The molecule has 0 aromatic heterocycles. The molecule has 1 N–H and O–H groups in total. The molecule has 1 atom stereocenters. The van der Waals surface area contributed by atoms with Crippen LogP contribution in [-0.4, -0.2) is 55.6 Å². The Balaban J connectivity index is 1.46. The summed E-state index contributed by atoms with van der Waals surface area (Å²) in [6.07, 6.45) is 1.41. The molecule has 38 heavy (non-hydrogen) atoms. The molecule has 1 fully saturated rings. The Morgan fingerprint density at radius 2 is 1.58 bits per heavy atom. The molecule has 0 saturated carbocycles. The van der Waals surface area contributed by atoms with Crippen LogP contribution in [-0.2, 0) is 28.6 Å². The SMILES string of the molecule is CCCCOC(=O)c1ccc(NC(=O)COC(=O)[C@H]2CC(=O)N(c3ccc(C(=O)OC(C)C)cc3)C2)cc1. The molecular formula is C28H32N2O8. The van der Waals surface area contributed by atoms with E-state index < -0.39 is 36.3 Å². The molecule has 1 heterocycles. The van der Waals surface area contributed by atoms with Gasteiger partial charge in [0.05, 0.1) is 29.8 Å². The fraction of sp³-hybridized carbons (Fsp3) is 0.393. The second-order valence-electron chi connectivity index (χ2n) is 9.13. The molecular weight excluding hydrogens is 492 g/mol. The van der Waals surface area contributed by atoms with Crippen LogP contribution in [0, 0.1) is 5.92 Å². The summed E-state index contributed by atoms with van der Waals surface area (Å²) in [4.78, 5) is 62.6. The highest BCUT2D eigenvalue weighted by Crippen LogP contribution is 2.26. The monoisotopic (exact) mass is 524 g/mol. The van der Waals surface area contributed by atoms with Crippen molar-refractivity contribution in [2.75, 3.05) is 30.0 Å². The second-order valence-corrected chi connectivity index (χ2v) is 9.13. The summed E-state index contributed by atoms with van der Waals surface area (Å²) in [6, 6.07) is 12.5. The molecule has 10 nitrogen and oxygen atoms in total. The lowest BCUT2D eigenvalue weighted by Crippen LogP contribution is -2.28. The lowest BCUT2D eigenvalue weighted by atomic mass is 10.1. The van der Waals surface area contributed by atoms with Crippen molar-refractivity contribution >= 4 is 41.1 Å². The van der Waals surface area contributed by atoms with Gasteiger partial charge < -0.3 is 24.4 Å². The predicted octanol–water partition coefficient (Wildman–Crippen LogP) is 3.74. The summed E-state index contributed by atoms with van der Waals surface area (Å²) in [6.45, 7) is 5.45. The van der Waals surface area contributed by atoms with Crippen molar-refractivity contribution in [2.24, 2.45) is 5.92 Å². The molecule has 202 valence electrons. The first-order chi connectivity index (χ1) is 18.2. The van der Waals surface area contributed by atoms with Crippen LogP contribution < -0.4 is 10.2 Å². The molecule has 2 aromatic rings. The largest absolute Gasteiger partial charge is 0.462 e. The van der Waals surface area contributed by atoms with Crippen LogP contribution in [0.5, 0.6) is 0 Å². The number of carbonyl (C=O) groups excluding carboxylic acids is 5. The molecule has 0 aliphatic carbocycles. The minimum atomic E-state index is -0.723. The van der Waals surface area contributed by atoms with Gasteiger partial charge in [-0.15, -0.1) is 0 Å². The lowest BCUT2D eigenvalue weighted by Gasteiger charge is -2.17. The smallest absolute Gasteiger partial charge is 0.338 e. The number of benzene rings is 2. The number of ether oxygens (including phenoxy) is 3. The summed E-state index contributed by atoms with van der Waals surface area (Å²) in [5, 5.41) is 2.59. The van der Waals surface area contributed by atoms with Gasteiger partial charge in [0.2, 0.25) is 5.91 Å². The van der Waals surface area contributed by atoms with Crippen molar-refractivity contribution < 1.29 is 38.2 Å². The van der Waals surface area contributed by atoms with E-state index in [1.165, 1.54) is 17.0 Å². The highest BCUT2D eigenvalue weighted by Gasteiger charge is 2.36. The van der Waals surface area contributed by atoms with E-state index in [-0.39, 0.29) is 25.0 Å². The maximum Gasteiger partial charge on any atom is 0.338 e. The third kappa shape index (κ3) is 7.89. The fourth-order valence-electron chi connectivity index (χ4n) is 3.71. The van der Waals surface area contributed by atoms with Crippen LogP contribution in [0.15, 0.2) is 48.5 Å². The molecule has 0 bridgehead atoms. The van der Waals surface area contributed by atoms with E-state index in [1.807, 2.05) is 6.92 Å². The average Bonchev–Trinajstić information content (AvgIpc) is 3.29. The number of carbonyl (C=O) groups is 5. The van der Waals surface area contributed by atoms with Crippen molar-refractivity contribution in [3.05, 3.63) is 59.7 Å². The zero-order valence-electron chi connectivity index (χ0n) is 21.7. The molecule has 1 aliphatic heterocycles. The van der Waals surface area contributed by atoms with Crippen LogP contribution >= 0.6 is 0 Å². The Hall–Kier alpha value is -4.21. The van der Waals surface area contributed by atoms with E-state index in [9.17, 15) is 24.0 Å². The number of nitrogens with one attached hydrogen (secondary N) is 1. The van der Waals surface area contributed by atoms with E-state index in [0.717, 1.165) is 12.8 Å². The summed E-state index contributed by atoms with van der Waals surface area (Å²) in [5.41, 5.74) is 1.70. The van der Waals surface area contributed by atoms with Gasteiger partial charge >= 0.3 is 17.9 Å². The number of rotatable bonds is 11. The molecule has 10 heteroatoms. The summed E-state index contributed by atoms with van der Waals surface area (Å²) >= 11 is 0. The molecule has 0 spiro atoms. The van der Waals surface area contributed by atoms with E-state index >= 15 is 0 Å². The maximum absolute atomic E-state index is 12.5. The molecule has 2 aromatic carbocycles. The Morgan fingerprint density at radius 3 is 2.21 bits per heavy atom. The van der Waals surface area contributed by atoms with Crippen molar-refractivity contribution in [3.8, 4) is 0 Å². The quantitative estimate of drug-likeness (QED) is 0.267. The van der Waals surface area contributed by atoms with Crippen LogP contribution in [0.1, 0.15) is 60.7 Å². The minimum absolute atomic E-state index is 0.0482. The first-order valence-electron chi connectivity index (χ1n) is 12.5. The zero-order chi connectivity index (χ0) is 27.7. The van der Waals surface area contributed by atoms with Crippen molar-refractivity contribution in [1.29, 1.82) is 0 Å². The van der Waals surface area contributed by atoms with E-state index in [2.05, 4.69) is 5.32 Å². The van der Waals surface area contributed by atoms with Crippen LogP contribution in [0.4, 0.5) is 11.4 Å². The minimum Gasteiger partial charge on any atom is -0.462 e. The van der Waals surface area contributed by atoms with Crippen molar-refractivity contribution in [3.63, 3.8) is 0 Å². The van der Waals surface area contributed by atoms with Gasteiger partial charge in [0.15, 0.2) is 6.61 Å². The van der Waals surface area contributed by atoms with Gasteiger partial charge in [-0.1, -0.05) is 13.3 Å². The van der Waals surface area contributed by atoms with Crippen molar-refractivity contribution in [2.45, 2.75) is 46.1 Å². The summed E-state index contributed by atoms with van der Waals surface area (Å²) in [5.74, 6) is -3.09. The summed E-state index contributed by atoms with van der Waals surface area (Å²) in [7, 11) is 0. The Bertz CT molecular complexity index is 1160. The zero-order valence-corrected chi connectivity index (χ0v) is 21.7. The first kappa shape index (κ1) is 28.4. The third-order valence-corrected chi connectivity index (χ3v) is 5.70. The normalized spacial score (nSPS) is 14.8. The topological polar surface area (TPSA) is 128 Å². The van der Waals surface area contributed by atoms with Gasteiger partial charge in [0.1, 0.15) is 0 Å². The Morgan fingerprint density at radius 1 is 0.947 bits per heavy atom. The number of esters is 3. The lowest BCUT2D eigenvalue weighted by molar-refractivity contribution is -0.151. The standard InChI is InChI=1S/C28H32N2O8/c1-4-5-14-36-26(33)19-6-10-22(11-7-19)29-24(31)17-37-27(34)21-15-25(32)30(16-21)23-12-8-20(9-13-23)28(35)38-18(2)3/h6-13,18,21H,4-5,14-17H2,1-3H3,(H,29,31)/t21-/m0/s1. The molecule has 0 radical (unpaired) electrons. The fourth-order valence-corrected chi connectivity index (χ4v) is 3.71. The third-order valence-electron chi connectivity index (χ3n) is 5.70. The Kier molecular flexibility index (Phi) is 9.98. The highest BCUT2D eigenvalue weighted by molar-refractivity contribution is 6.00. The second kappa shape index (κ2) is 13.4. The molecule has 2 amide bonds. The number of nitrogens with zero attached hydrogens (tertiary/aromatic N) is 1. The Labute approximate surface area is 221 Å². The molecule has 3 rings (SSSR count). The van der Waals surface area contributed by atoms with E-state index in [0.29, 0.717) is 29.1 Å². The number of amides is 2. The number of hydrogen-bond donors (Lipinski definition) is 1. The van der Waals surface area contributed by atoms with Crippen LogP contribution in [0.25, 0.3) is 0 Å². The predicted molar refractivity (Wildman–Crippen MR) is 139 cm³/mol. The maximum atomic E-state index is 12.5. The van der Waals surface area contributed by atoms with Crippen LogP contribution in [0.2, 0.25) is 0 Å². The van der Waals surface area contributed by atoms with E-state index in [4.69, 9.17) is 14.2 Å². The average molecular weight is 525 g/mol. The van der Waals surface area contributed by atoms with Crippen molar-refractivity contribution in [1.82, 2.24) is 0 Å². The number of hydrogen-bond acceptors (Lipinski definition) is 8. The van der Waals surface area contributed by atoms with E-state index in [1.54, 1.807) is 50.2 Å². The number of anilines is 2. The van der Waals surface area contributed by atoms with Crippen LogP contribution in [0.3, 0.4) is 0 Å². The van der Waals surface area contributed by atoms with Gasteiger partial charge in [-0.25, -0.2) is 9.59 Å². The number of unbranched alkanes of at least 4 members (excludes halogenated alkanes) is 1. The van der Waals surface area contributed by atoms with Gasteiger partial charge in [-0.3, -0.25) is 14.4 Å². The first-order valence-corrected chi connectivity index (χ1v) is 12.5. The highest BCUT2D eigenvalue weighted by atomic mass is 16.5.